The zero-order valence-corrected chi connectivity index (χ0v) is 14.9. The lowest BCUT2D eigenvalue weighted by molar-refractivity contribution is -0.137. The molecular formula is C20H18F3N3O2. The molecule has 8 heteroatoms. The Balaban J connectivity index is 1.71. The lowest BCUT2D eigenvalue weighted by Gasteiger charge is -2.25. The van der Waals surface area contributed by atoms with Crippen LogP contribution in [0.3, 0.4) is 0 Å². The third-order valence-electron chi connectivity index (χ3n) is 4.76. The van der Waals surface area contributed by atoms with Crippen LogP contribution in [0.5, 0.6) is 0 Å². The van der Waals surface area contributed by atoms with Crippen LogP contribution in [0.2, 0.25) is 0 Å². The molecule has 0 aliphatic carbocycles. The maximum atomic E-state index is 13.0. The van der Waals surface area contributed by atoms with Crippen LogP contribution in [-0.2, 0) is 17.5 Å². The molecule has 0 saturated carbocycles. The number of alkyl halides is 3. The third-order valence-corrected chi connectivity index (χ3v) is 4.76. The molecule has 1 saturated heterocycles. The summed E-state index contributed by atoms with van der Waals surface area (Å²) in [5.74, 6) is -0.432. The number of nitrogens with zero attached hydrogens (tertiary/aromatic N) is 3. The minimum atomic E-state index is -4.51. The second-order valence-corrected chi connectivity index (χ2v) is 6.63. The van der Waals surface area contributed by atoms with Gasteiger partial charge in [-0.25, -0.2) is 4.98 Å². The van der Waals surface area contributed by atoms with Crippen LogP contribution < -0.4 is 0 Å². The first kappa shape index (κ1) is 18.6. The molecule has 3 heterocycles. The van der Waals surface area contributed by atoms with E-state index in [9.17, 15) is 18.0 Å². The molecule has 0 spiro atoms. The lowest BCUT2D eigenvalue weighted by atomic mass is 10.1. The summed E-state index contributed by atoms with van der Waals surface area (Å²) in [6.07, 6.45) is -2.81. The third kappa shape index (κ3) is 3.65. The predicted octanol–water partition coefficient (Wildman–Crippen LogP) is 3.42. The summed E-state index contributed by atoms with van der Waals surface area (Å²) < 4.78 is 46.0. The summed E-state index contributed by atoms with van der Waals surface area (Å²) in [6, 6.07) is 9.89. The van der Waals surface area contributed by atoms with E-state index >= 15 is 0 Å². The van der Waals surface area contributed by atoms with Crippen LogP contribution in [0.4, 0.5) is 13.2 Å². The van der Waals surface area contributed by atoms with Crippen molar-refractivity contribution in [2.45, 2.75) is 12.7 Å². The summed E-state index contributed by atoms with van der Waals surface area (Å²) in [7, 11) is 0. The monoisotopic (exact) mass is 389 g/mol. The summed E-state index contributed by atoms with van der Waals surface area (Å²) in [5.41, 5.74) is 0.596. The minimum Gasteiger partial charge on any atom is -0.379 e. The zero-order chi connectivity index (χ0) is 19.7. The standard InChI is InChI=1S/C20H18F3N3O2/c21-20(22,23)15-5-3-4-14(12-15)18(27)19-24-16(13-25-8-10-28-11-9-25)17-6-1-2-7-26(17)19/h1-7,12H,8-11,13H2. The van der Waals surface area contributed by atoms with Crippen molar-refractivity contribution in [3.05, 3.63) is 71.3 Å². The molecule has 1 aliphatic rings. The number of aromatic nitrogens is 2. The van der Waals surface area contributed by atoms with Gasteiger partial charge in [0.1, 0.15) is 0 Å². The molecule has 28 heavy (non-hydrogen) atoms. The normalized spacial score (nSPS) is 15.8. The molecule has 1 aliphatic heterocycles. The maximum Gasteiger partial charge on any atom is 0.416 e. The Morgan fingerprint density at radius 2 is 1.89 bits per heavy atom. The van der Waals surface area contributed by atoms with Gasteiger partial charge in [0.2, 0.25) is 5.78 Å². The van der Waals surface area contributed by atoms with Crippen LogP contribution in [-0.4, -0.2) is 46.4 Å². The number of carbonyl (C=O) groups is 1. The van der Waals surface area contributed by atoms with E-state index in [-0.39, 0.29) is 11.4 Å². The first-order valence-corrected chi connectivity index (χ1v) is 8.91. The molecule has 146 valence electrons. The minimum absolute atomic E-state index is 0.0384. The van der Waals surface area contributed by atoms with Gasteiger partial charge in [-0.2, -0.15) is 13.2 Å². The fourth-order valence-corrected chi connectivity index (χ4v) is 3.32. The number of ketones is 1. The van der Waals surface area contributed by atoms with Crippen LogP contribution in [0.1, 0.15) is 27.4 Å². The van der Waals surface area contributed by atoms with Crippen LogP contribution in [0.15, 0.2) is 48.7 Å². The summed E-state index contributed by atoms with van der Waals surface area (Å²) in [4.78, 5) is 19.6. The Bertz CT molecular complexity index is 1010. The number of ether oxygens (including phenoxy) is 1. The van der Waals surface area contributed by atoms with E-state index in [2.05, 4.69) is 9.88 Å². The van der Waals surface area contributed by atoms with Gasteiger partial charge in [0.05, 0.1) is 30.0 Å². The van der Waals surface area contributed by atoms with Crippen LogP contribution in [0, 0.1) is 0 Å². The number of imidazole rings is 1. The summed E-state index contributed by atoms with van der Waals surface area (Å²) >= 11 is 0. The van der Waals surface area contributed by atoms with Gasteiger partial charge in [-0.1, -0.05) is 18.2 Å². The van der Waals surface area contributed by atoms with E-state index in [4.69, 9.17) is 4.74 Å². The Morgan fingerprint density at radius 1 is 1.11 bits per heavy atom. The fourth-order valence-electron chi connectivity index (χ4n) is 3.32. The molecule has 0 unspecified atom stereocenters. The molecule has 0 N–H and O–H groups in total. The molecule has 3 aromatic rings. The second-order valence-electron chi connectivity index (χ2n) is 6.63. The largest absolute Gasteiger partial charge is 0.416 e. The average Bonchev–Trinajstić information content (AvgIpc) is 3.06. The first-order chi connectivity index (χ1) is 13.4. The average molecular weight is 389 g/mol. The first-order valence-electron chi connectivity index (χ1n) is 8.91. The smallest absolute Gasteiger partial charge is 0.379 e. The highest BCUT2D eigenvalue weighted by Crippen LogP contribution is 2.30. The number of hydrogen-bond acceptors (Lipinski definition) is 4. The predicted molar refractivity (Wildman–Crippen MR) is 96.2 cm³/mol. The van der Waals surface area contributed by atoms with Crippen LogP contribution in [0.25, 0.3) is 5.52 Å². The molecule has 5 nitrogen and oxygen atoms in total. The van der Waals surface area contributed by atoms with Gasteiger partial charge in [0, 0.05) is 31.4 Å². The van der Waals surface area contributed by atoms with Gasteiger partial charge in [0.15, 0.2) is 5.82 Å². The Morgan fingerprint density at radius 3 is 2.64 bits per heavy atom. The number of benzene rings is 1. The van der Waals surface area contributed by atoms with Gasteiger partial charge in [-0.15, -0.1) is 0 Å². The summed E-state index contributed by atoms with van der Waals surface area (Å²) in [6.45, 7) is 3.36. The molecule has 0 radical (unpaired) electrons. The van der Waals surface area contributed by atoms with Gasteiger partial charge in [-0.05, 0) is 24.3 Å². The maximum absolute atomic E-state index is 13.0. The molecule has 4 rings (SSSR count). The van der Waals surface area contributed by atoms with E-state index in [0.717, 1.165) is 36.4 Å². The van der Waals surface area contributed by atoms with Crippen LogP contribution >= 0.6 is 0 Å². The Labute approximate surface area is 159 Å². The Hall–Kier alpha value is -2.71. The molecule has 1 fully saturated rings. The topological polar surface area (TPSA) is 46.8 Å². The number of hydrogen-bond donors (Lipinski definition) is 0. The zero-order valence-electron chi connectivity index (χ0n) is 14.9. The number of rotatable bonds is 4. The van der Waals surface area contributed by atoms with Gasteiger partial charge >= 0.3 is 6.18 Å². The molecule has 0 bridgehead atoms. The van der Waals surface area contributed by atoms with E-state index in [1.54, 1.807) is 16.7 Å². The quantitative estimate of drug-likeness (QED) is 0.642. The number of morpholine rings is 1. The second kappa shape index (κ2) is 7.37. The molecule has 2 aromatic heterocycles. The van der Waals surface area contributed by atoms with Crippen molar-refractivity contribution >= 4 is 11.3 Å². The number of pyridine rings is 1. The van der Waals surface area contributed by atoms with Crippen molar-refractivity contribution in [2.24, 2.45) is 0 Å². The molecule has 0 amide bonds. The number of halogens is 3. The molecule has 1 aromatic carbocycles. The van der Waals surface area contributed by atoms with Crippen molar-refractivity contribution in [3.8, 4) is 0 Å². The van der Waals surface area contributed by atoms with E-state index in [1.165, 1.54) is 12.1 Å². The molecule has 0 atom stereocenters. The highest BCUT2D eigenvalue weighted by molar-refractivity contribution is 6.07. The van der Waals surface area contributed by atoms with E-state index < -0.39 is 17.5 Å². The van der Waals surface area contributed by atoms with Gasteiger partial charge in [0.25, 0.3) is 0 Å². The lowest BCUT2D eigenvalue weighted by Crippen LogP contribution is -2.35. The van der Waals surface area contributed by atoms with Crippen molar-refractivity contribution < 1.29 is 22.7 Å². The highest BCUT2D eigenvalue weighted by Gasteiger charge is 2.31. The van der Waals surface area contributed by atoms with Crippen molar-refractivity contribution in [2.75, 3.05) is 26.3 Å². The van der Waals surface area contributed by atoms with Gasteiger partial charge < -0.3 is 4.74 Å². The Kier molecular flexibility index (Phi) is 4.91. The van der Waals surface area contributed by atoms with Crippen molar-refractivity contribution in [1.82, 2.24) is 14.3 Å². The van der Waals surface area contributed by atoms with Crippen molar-refractivity contribution in [3.63, 3.8) is 0 Å². The van der Waals surface area contributed by atoms with E-state index in [1.807, 2.05) is 12.1 Å². The fraction of sp³-hybridized carbons (Fsp3) is 0.300. The van der Waals surface area contributed by atoms with E-state index in [0.29, 0.717) is 19.8 Å². The number of fused-ring (bicyclic) bond motifs is 1. The summed E-state index contributed by atoms with van der Waals surface area (Å²) in [5, 5.41) is 0. The SMILES string of the molecule is O=C(c1cccc(C(F)(F)F)c1)c1nc(CN2CCOCC2)c2ccccn12. The number of carbonyl (C=O) groups excluding carboxylic acids is 1. The molecular weight excluding hydrogens is 371 g/mol. The highest BCUT2D eigenvalue weighted by atomic mass is 19.4. The van der Waals surface area contributed by atoms with Crippen molar-refractivity contribution in [1.29, 1.82) is 0 Å². The van der Waals surface area contributed by atoms with Gasteiger partial charge in [-0.3, -0.25) is 14.1 Å².